The summed E-state index contributed by atoms with van der Waals surface area (Å²) in [7, 11) is 0. The van der Waals surface area contributed by atoms with E-state index in [0.717, 1.165) is 25.1 Å². The molecule has 4 heterocycles. The number of carbonyl (C=O) groups is 1. The van der Waals surface area contributed by atoms with Crippen LogP contribution < -0.4 is 5.32 Å². The number of nitriles is 1. The number of aromatic nitrogens is 4. The third kappa shape index (κ3) is 5.11. The molecule has 0 bridgehead atoms. The Labute approximate surface area is 205 Å². The number of pyridine rings is 1. The fraction of sp³-hybridized carbons (Fsp3) is 0.458. The second-order valence-electron chi connectivity index (χ2n) is 8.91. The highest BCUT2D eigenvalue weighted by Gasteiger charge is 2.32. The van der Waals surface area contributed by atoms with Crippen LogP contribution in [-0.2, 0) is 11.0 Å². The van der Waals surface area contributed by atoms with Gasteiger partial charge in [0.1, 0.15) is 17.8 Å². The van der Waals surface area contributed by atoms with Crippen molar-refractivity contribution in [2.24, 2.45) is 5.92 Å². The van der Waals surface area contributed by atoms with Gasteiger partial charge in [0.2, 0.25) is 5.95 Å². The normalized spacial score (nSPS) is 16.5. The number of nitrogens with one attached hydrogen (secondary N) is 2. The Bertz CT molecular complexity index is 1290. The molecule has 1 fully saturated rings. The number of halogens is 3. The lowest BCUT2D eigenvalue weighted by atomic mass is 9.90. The number of aliphatic hydroxyl groups excluding tert-OH is 1. The SMILES string of the molecule is CC[C@H](O)C(=O)N1CCC([C@@H](C)Nc2ncc(C#N)c(-c3c[nH]c4ncc(C(F)(F)F)cc34)n2)CC1. The molecule has 0 unspecified atom stereocenters. The largest absolute Gasteiger partial charge is 0.417 e. The number of nitrogens with zero attached hydrogens (tertiary/aromatic N) is 5. The topological polar surface area (TPSA) is 131 Å². The average Bonchev–Trinajstić information content (AvgIpc) is 3.30. The van der Waals surface area contributed by atoms with Crippen LogP contribution >= 0.6 is 0 Å². The van der Waals surface area contributed by atoms with Crippen molar-refractivity contribution in [2.75, 3.05) is 18.4 Å². The van der Waals surface area contributed by atoms with E-state index in [1.165, 1.54) is 12.4 Å². The Morgan fingerprint density at radius 3 is 2.69 bits per heavy atom. The van der Waals surface area contributed by atoms with E-state index < -0.39 is 17.8 Å². The minimum atomic E-state index is -4.56. The maximum absolute atomic E-state index is 13.2. The zero-order valence-electron chi connectivity index (χ0n) is 19.8. The second kappa shape index (κ2) is 10.1. The molecule has 1 amide bonds. The molecule has 0 radical (unpaired) electrons. The number of anilines is 1. The molecule has 1 aliphatic rings. The van der Waals surface area contributed by atoms with Crippen LogP contribution in [0.3, 0.4) is 0 Å². The highest BCUT2D eigenvalue weighted by molar-refractivity contribution is 5.94. The van der Waals surface area contributed by atoms with E-state index in [-0.39, 0.29) is 46.1 Å². The highest BCUT2D eigenvalue weighted by atomic mass is 19.4. The quantitative estimate of drug-likeness (QED) is 0.469. The van der Waals surface area contributed by atoms with Gasteiger partial charge in [-0.2, -0.15) is 18.4 Å². The predicted octanol–water partition coefficient (Wildman–Crippen LogP) is 3.72. The fourth-order valence-corrected chi connectivity index (χ4v) is 4.42. The maximum atomic E-state index is 13.2. The average molecular weight is 502 g/mol. The van der Waals surface area contributed by atoms with E-state index >= 15 is 0 Å². The van der Waals surface area contributed by atoms with E-state index in [9.17, 15) is 28.3 Å². The molecule has 3 N–H and O–H groups in total. The summed E-state index contributed by atoms with van der Waals surface area (Å²) < 4.78 is 39.7. The van der Waals surface area contributed by atoms with Crippen LogP contribution in [0.2, 0.25) is 0 Å². The van der Waals surface area contributed by atoms with E-state index in [0.29, 0.717) is 25.1 Å². The number of carbonyl (C=O) groups excluding carboxylic acids is 1. The summed E-state index contributed by atoms with van der Waals surface area (Å²) in [5, 5.41) is 22.8. The molecular formula is C24H26F3N7O2. The van der Waals surface area contributed by atoms with Gasteiger partial charge in [0.05, 0.1) is 23.0 Å². The van der Waals surface area contributed by atoms with E-state index in [2.05, 4.69) is 25.3 Å². The molecule has 36 heavy (non-hydrogen) atoms. The molecule has 1 saturated heterocycles. The van der Waals surface area contributed by atoms with Gasteiger partial charge in [0, 0.05) is 42.5 Å². The molecule has 2 atom stereocenters. The fourth-order valence-electron chi connectivity index (χ4n) is 4.42. The van der Waals surface area contributed by atoms with Crippen molar-refractivity contribution >= 4 is 22.9 Å². The number of piperidine rings is 1. The van der Waals surface area contributed by atoms with Gasteiger partial charge >= 0.3 is 6.18 Å². The Morgan fingerprint density at radius 2 is 2.06 bits per heavy atom. The number of fused-ring (bicyclic) bond motifs is 1. The minimum Gasteiger partial charge on any atom is -0.383 e. The van der Waals surface area contributed by atoms with Crippen LogP contribution in [0.5, 0.6) is 0 Å². The molecule has 0 spiro atoms. The number of aliphatic hydroxyl groups is 1. The lowest BCUT2D eigenvalue weighted by Crippen LogP contribution is -2.46. The van der Waals surface area contributed by atoms with Crippen molar-refractivity contribution in [3.63, 3.8) is 0 Å². The highest BCUT2D eigenvalue weighted by Crippen LogP contribution is 2.35. The molecule has 9 nitrogen and oxygen atoms in total. The third-order valence-electron chi connectivity index (χ3n) is 6.61. The monoisotopic (exact) mass is 501 g/mol. The van der Waals surface area contributed by atoms with Crippen molar-refractivity contribution in [1.82, 2.24) is 24.8 Å². The van der Waals surface area contributed by atoms with Gasteiger partial charge in [-0.05, 0) is 38.2 Å². The van der Waals surface area contributed by atoms with Crippen molar-refractivity contribution in [1.29, 1.82) is 5.26 Å². The smallest absolute Gasteiger partial charge is 0.383 e. The van der Waals surface area contributed by atoms with Crippen molar-refractivity contribution < 1.29 is 23.1 Å². The van der Waals surface area contributed by atoms with Crippen molar-refractivity contribution in [3.05, 3.63) is 35.8 Å². The first-order chi connectivity index (χ1) is 17.1. The van der Waals surface area contributed by atoms with Crippen LogP contribution in [-0.4, -0.2) is 61.1 Å². The molecule has 12 heteroatoms. The Hall–Kier alpha value is -3.72. The number of hydrogen-bond acceptors (Lipinski definition) is 7. The van der Waals surface area contributed by atoms with Gasteiger partial charge < -0.3 is 20.3 Å². The molecule has 4 rings (SSSR count). The van der Waals surface area contributed by atoms with Crippen LogP contribution in [0.25, 0.3) is 22.3 Å². The summed E-state index contributed by atoms with van der Waals surface area (Å²) in [6, 6.07) is 2.91. The van der Waals surface area contributed by atoms with E-state index in [1.807, 2.05) is 13.0 Å². The number of H-pyrrole nitrogens is 1. The molecule has 190 valence electrons. The summed E-state index contributed by atoms with van der Waals surface area (Å²) in [5.41, 5.74) is -0.0135. The second-order valence-corrected chi connectivity index (χ2v) is 8.91. The molecule has 1 aliphatic heterocycles. The van der Waals surface area contributed by atoms with Crippen LogP contribution in [0, 0.1) is 17.2 Å². The summed E-state index contributed by atoms with van der Waals surface area (Å²) >= 11 is 0. The van der Waals surface area contributed by atoms with Gasteiger partial charge in [0.15, 0.2) is 0 Å². The van der Waals surface area contributed by atoms with Gasteiger partial charge in [-0.25, -0.2) is 15.0 Å². The number of rotatable bonds is 6. The van der Waals surface area contributed by atoms with Gasteiger partial charge in [-0.15, -0.1) is 0 Å². The minimum absolute atomic E-state index is 0.0689. The first kappa shape index (κ1) is 25.4. The zero-order chi connectivity index (χ0) is 26.0. The standard InChI is InChI=1S/C24H26F3N7O2/c1-3-19(35)22(36)34-6-4-14(5-7-34)13(2)32-23-31-10-15(9-28)20(33-23)18-12-30-21-17(18)8-16(11-29-21)24(25,26)27/h8,10-14,19,35H,3-7H2,1-2H3,(H,29,30)(H,31,32,33)/t13-,19+/m1/s1. The summed E-state index contributed by atoms with van der Waals surface area (Å²) in [5.74, 6) is 0.200. The molecular weight excluding hydrogens is 475 g/mol. The van der Waals surface area contributed by atoms with Crippen LogP contribution in [0.4, 0.5) is 19.1 Å². The van der Waals surface area contributed by atoms with Crippen molar-refractivity contribution in [3.8, 4) is 17.3 Å². The summed E-state index contributed by atoms with van der Waals surface area (Å²) in [6.45, 7) is 4.80. The number of amides is 1. The van der Waals surface area contributed by atoms with Crippen LogP contribution in [0.15, 0.2) is 24.7 Å². The van der Waals surface area contributed by atoms with E-state index in [1.54, 1.807) is 11.8 Å². The molecule has 3 aromatic heterocycles. The summed E-state index contributed by atoms with van der Waals surface area (Å²) in [4.78, 5) is 29.3. The third-order valence-corrected chi connectivity index (χ3v) is 6.61. The van der Waals surface area contributed by atoms with Gasteiger partial charge in [-0.1, -0.05) is 6.92 Å². The van der Waals surface area contributed by atoms with Gasteiger partial charge in [0.25, 0.3) is 5.91 Å². The predicted molar refractivity (Wildman–Crippen MR) is 126 cm³/mol. The lowest BCUT2D eigenvalue weighted by molar-refractivity contribution is -0.141. The molecule has 0 aliphatic carbocycles. The Kier molecular flexibility index (Phi) is 7.12. The van der Waals surface area contributed by atoms with Crippen molar-refractivity contribution in [2.45, 2.75) is 51.4 Å². The first-order valence-electron chi connectivity index (χ1n) is 11.7. The number of aromatic amines is 1. The lowest BCUT2D eigenvalue weighted by Gasteiger charge is -2.36. The zero-order valence-corrected chi connectivity index (χ0v) is 19.8. The Morgan fingerprint density at radius 1 is 1.33 bits per heavy atom. The number of likely N-dealkylation sites (tertiary alicyclic amines) is 1. The first-order valence-corrected chi connectivity index (χ1v) is 11.7. The van der Waals surface area contributed by atoms with Gasteiger partial charge in [-0.3, -0.25) is 4.79 Å². The number of alkyl halides is 3. The maximum Gasteiger partial charge on any atom is 0.417 e. The Balaban J connectivity index is 1.54. The molecule has 0 aromatic carbocycles. The molecule has 3 aromatic rings. The van der Waals surface area contributed by atoms with E-state index in [4.69, 9.17) is 0 Å². The summed E-state index contributed by atoms with van der Waals surface area (Å²) in [6.07, 6.45) is -0.132. The number of hydrogen-bond donors (Lipinski definition) is 3. The molecule has 0 saturated carbocycles. The van der Waals surface area contributed by atoms with Crippen LogP contribution in [0.1, 0.15) is 44.2 Å².